The van der Waals surface area contributed by atoms with Crippen LogP contribution in [0.25, 0.3) is 0 Å². The molecule has 0 saturated heterocycles. The zero-order valence-electron chi connectivity index (χ0n) is 10.0. The minimum absolute atomic E-state index is 0.0788. The van der Waals surface area contributed by atoms with Crippen LogP contribution in [-0.2, 0) is 4.79 Å². The third-order valence-corrected chi connectivity index (χ3v) is 2.57. The number of rotatable bonds is 4. The fourth-order valence-electron chi connectivity index (χ4n) is 1.55. The van der Waals surface area contributed by atoms with Gasteiger partial charge < -0.3 is 15.6 Å². The van der Waals surface area contributed by atoms with Crippen LogP contribution in [0.1, 0.15) is 36.9 Å². The molecule has 1 aromatic carbocycles. The van der Waals surface area contributed by atoms with Crippen molar-refractivity contribution in [2.24, 2.45) is 5.73 Å². The molecule has 3 N–H and O–H groups in total. The molecule has 0 aliphatic heterocycles. The van der Waals surface area contributed by atoms with Crippen molar-refractivity contribution >= 4 is 5.97 Å². The first kappa shape index (κ1) is 13.4. The second kappa shape index (κ2) is 5.14. The van der Waals surface area contributed by atoms with Crippen LogP contribution >= 0.6 is 0 Å². The summed E-state index contributed by atoms with van der Waals surface area (Å²) in [5.74, 6) is -1.84. The number of carboxylic acids is 1. The van der Waals surface area contributed by atoms with Crippen LogP contribution < -0.4 is 10.5 Å². The van der Waals surface area contributed by atoms with E-state index in [0.29, 0.717) is 5.56 Å². The first-order chi connectivity index (χ1) is 7.88. The van der Waals surface area contributed by atoms with Gasteiger partial charge in [0.05, 0.1) is 7.11 Å². The lowest BCUT2D eigenvalue weighted by Gasteiger charge is -2.16. The summed E-state index contributed by atoms with van der Waals surface area (Å²) in [4.78, 5) is 10.9. The maximum absolute atomic E-state index is 13.7. The summed E-state index contributed by atoms with van der Waals surface area (Å²) in [6.07, 6.45) is 0. The maximum atomic E-state index is 13.7. The van der Waals surface area contributed by atoms with E-state index in [9.17, 15) is 9.18 Å². The van der Waals surface area contributed by atoms with E-state index in [1.807, 2.05) is 13.8 Å². The number of nitrogens with two attached hydrogens (primary N) is 1. The lowest BCUT2D eigenvalue weighted by molar-refractivity contribution is -0.138. The van der Waals surface area contributed by atoms with E-state index in [4.69, 9.17) is 15.6 Å². The molecule has 1 unspecified atom stereocenters. The topological polar surface area (TPSA) is 72.5 Å². The van der Waals surface area contributed by atoms with Gasteiger partial charge in [0.25, 0.3) is 0 Å². The van der Waals surface area contributed by atoms with Crippen LogP contribution in [0.4, 0.5) is 4.39 Å². The third kappa shape index (κ3) is 2.74. The van der Waals surface area contributed by atoms with Gasteiger partial charge in [0, 0.05) is 5.56 Å². The first-order valence-electron chi connectivity index (χ1n) is 5.24. The molecule has 0 aliphatic carbocycles. The molecule has 1 aromatic rings. The van der Waals surface area contributed by atoms with Crippen molar-refractivity contribution in [3.05, 3.63) is 29.1 Å². The minimum Gasteiger partial charge on any atom is -0.493 e. The molecule has 0 aromatic heterocycles. The average Bonchev–Trinajstić information content (AvgIpc) is 2.26. The van der Waals surface area contributed by atoms with Crippen molar-refractivity contribution in [1.29, 1.82) is 0 Å². The van der Waals surface area contributed by atoms with Gasteiger partial charge >= 0.3 is 5.97 Å². The lowest BCUT2D eigenvalue weighted by Crippen LogP contribution is -2.22. The summed E-state index contributed by atoms with van der Waals surface area (Å²) in [5.41, 5.74) is 6.35. The van der Waals surface area contributed by atoms with E-state index in [1.165, 1.54) is 13.2 Å². The quantitative estimate of drug-likeness (QED) is 0.846. The zero-order valence-corrected chi connectivity index (χ0v) is 10.0. The van der Waals surface area contributed by atoms with Crippen molar-refractivity contribution < 1.29 is 19.0 Å². The van der Waals surface area contributed by atoms with E-state index >= 15 is 0 Å². The highest BCUT2D eigenvalue weighted by Crippen LogP contribution is 2.31. The lowest BCUT2D eigenvalue weighted by atomic mass is 9.96. The Morgan fingerprint density at radius 1 is 1.47 bits per heavy atom. The van der Waals surface area contributed by atoms with Gasteiger partial charge in [0.1, 0.15) is 6.04 Å². The normalized spacial score (nSPS) is 12.6. The van der Waals surface area contributed by atoms with Crippen molar-refractivity contribution in [2.75, 3.05) is 7.11 Å². The van der Waals surface area contributed by atoms with Crippen molar-refractivity contribution in [1.82, 2.24) is 0 Å². The SMILES string of the molecule is COc1c(F)cc(C(C)C)cc1C(N)C(=O)O. The van der Waals surface area contributed by atoms with Crippen molar-refractivity contribution in [3.63, 3.8) is 0 Å². The van der Waals surface area contributed by atoms with Gasteiger partial charge in [-0.3, -0.25) is 4.79 Å². The number of methoxy groups -OCH3 is 1. The number of ether oxygens (including phenoxy) is 1. The second-order valence-corrected chi connectivity index (χ2v) is 4.10. The summed E-state index contributed by atoms with van der Waals surface area (Å²) in [6.45, 7) is 3.77. The predicted octanol–water partition coefficient (Wildman–Crippen LogP) is 2.04. The van der Waals surface area contributed by atoms with Gasteiger partial charge in [0.2, 0.25) is 0 Å². The Bertz CT molecular complexity index is 432. The largest absolute Gasteiger partial charge is 0.493 e. The minimum atomic E-state index is -1.29. The number of benzene rings is 1. The molecule has 94 valence electrons. The molecule has 0 aliphatic rings. The number of halogens is 1. The molecular formula is C12H16FNO3. The summed E-state index contributed by atoms with van der Waals surface area (Å²) < 4.78 is 18.6. The third-order valence-electron chi connectivity index (χ3n) is 2.57. The fourth-order valence-corrected chi connectivity index (χ4v) is 1.55. The van der Waals surface area contributed by atoms with Gasteiger partial charge in [-0.05, 0) is 23.6 Å². The standard InChI is InChI=1S/C12H16FNO3/c1-6(2)7-4-8(10(14)12(15)16)11(17-3)9(13)5-7/h4-6,10H,14H2,1-3H3,(H,15,16). The van der Waals surface area contributed by atoms with Crippen LogP contribution in [0.15, 0.2) is 12.1 Å². The summed E-state index contributed by atoms with van der Waals surface area (Å²) in [5, 5.41) is 8.87. The monoisotopic (exact) mass is 241 g/mol. The van der Waals surface area contributed by atoms with Crippen LogP contribution in [0.5, 0.6) is 5.75 Å². The van der Waals surface area contributed by atoms with E-state index < -0.39 is 17.8 Å². The Morgan fingerprint density at radius 3 is 2.47 bits per heavy atom. The second-order valence-electron chi connectivity index (χ2n) is 4.10. The van der Waals surface area contributed by atoms with E-state index in [2.05, 4.69) is 0 Å². The molecule has 0 bridgehead atoms. The molecule has 1 atom stereocenters. The van der Waals surface area contributed by atoms with E-state index in [-0.39, 0.29) is 17.2 Å². The molecule has 1 rings (SSSR count). The molecular weight excluding hydrogens is 225 g/mol. The van der Waals surface area contributed by atoms with Crippen molar-refractivity contribution in [2.45, 2.75) is 25.8 Å². The summed E-state index contributed by atoms with van der Waals surface area (Å²) >= 11 is 0. The molecule has 5 heteroatoms. The Morgan fingerprint density at radius 2 is 2.06 bits per heavy atom. The highest BCUT2D eigenvalue weighted by Gasteiger charge is 2.23. The van der Waals surface area contributed by atoms with E-state index in [0.717, 1.165) is 0 Å². The highest BCUT2D eigenvalue weighted by molar-refractivity contribution is 5.76. The first-order valence-corrected chi connectivity index (χ1v) is 5.24. The highest BCUT2D eigenvalue weighted by atomic mass is 19.1. The Kier molecular flexibility index (Phi) is 4.07. The number of carbonyl (C=O) groups is 1. The zero-order chi connectivity index (χ0) is 13.2. The Balaban J connectivity index is 3.38. The van der Waals surface area contributed by atoms with Crippen LogP contribution in [0.2, 0.25) is 0 Å². The molecule has 0 heterocycles. The molecule has 4 nitrogen and oxygen atoms in total. The fraction of sp³-hybridized carbons (Fsp3) is 0.417. The van der Waals surface area contributed by atoms with Gasteiger partial charge in [-0.25, -0.2) is 4.39 Å². The van der Waals surface area contributed by atoms with Gasteiger partial charge in [0.15, 0.2) is 11.6 Å². The number of hydrogen-bond acceptors (Lipinski definition) is 3. The van der Waals surface area contributed by atoms with E-state index in [1.54, 1.807) is 6.07 Å². The Labute approximate surface area is 99.2 Å². The number of hydrogen-bond donors (Lipinski definition) is 2. The number of aliphatic carboxylic acids is 1. The van der Waals surface area contributed by atoms with Gasteiger partial charge in [-0.1, -0.05) is 13.8 Å². The molecule has 0 fully saturated rings. The average molecular weight is 241 g/mol. The predicted molar refractivity (Wildman–Crippen MR) is 61.6 cm³/mol. The molecule has 0 radical (unpaired) electrons. The Hall–Kier alpha value is -1.62. The molecule has 0 amide bonds. The van der Waals surface area contributed by atoms with Crippen LogP contribution in [0.3, 0.4) is 0 Å². The number of carboxylic acid groups (broad SMARTS) is 1. The van der Waals surface area contributed by atoms with Crippen LogP contribution in [0, 0.1) is 5.82 Å². The van der Waals surface area contributed by atoms with Gasteiger partial charge in [-0.2, -0.15) is 0 Å². The van der Waals surface area contributed by atoms with Crippen LogP contribution in [-0.4, -0.2) is 18.2 Å². The van der Waals surface area contributed by atoms with Gasteiger partial charge in [-0.15, -0.1) is 0 Å². The van der Waals surface area contributed by atoms with Crippen molar-refractivity contribution in [3.8, 4) is 5.75 Å². The molecule has 17 heavy (non-hydrogen) atoms. The molecule has 0 saturated carbocycles. The summed E-state index contributed by atoms with van der Waals surface area (Å²) in [6, 6.07) is 1.62. The summed E-state index contributed by atoms with van der Waals surface area (Å²) in [7, 11) is 1.28. The molecule has 0 spiro atoms. The maximum Gasteiger partial charge on any atom is 0.325 e. The smallest absolute Gasteiger partial charge is 0.325 e.